The lowest BCUT2D eigenvalue weighted by Crippen LogP contribution is -2.59. The summed E-state index contributed by atoms with van der Waals surface area (Å²) in [6.07, 6.45) is -0.116. The van der Waals surface area contributed by atoms with Gasteiger partial charge in [0.1, 0.15) is 30.2 Å². The zero-order valence-electron chi connectivity index (χ0n) is 37.0. The van der Waals surface area contributed by atoms with Crippen molar-refractivity contribution in [3.63, 3.8) is 0 Å². The highest BCUT2D eigenvalue weighted by molar-refractivity contribution is 7.80. The predicted octanol–water partition coefficient (Wildman–Crippen LogP) is -10.7. The maximum Gasteiger partial charge on any atom is 0.327 e. The molecule has 0 spiro atoms. The van der Waals surface area contributed by atoms with E-state index in [1.807, 2.05) is 0 Å². The summed E-state index contributed by atoms with van der Waals surface area (Å²) in [7, 11) is 0. The number of nitrogens with one attached hydrogen (secondary N) is 9. The first kappa shape index (κ1) is 61.1. The molecule has 0 aliphatic carbocycles. The van der Waals surface area contributed by atoms with Crippen LogP contribution in [0.15, 0.2) is 15.0 Å². The van der Waals surface area contributed by atoms with Gasteiger partial charge in [-0.2, -0.15) is 25.3 Å². The summed E-state index contributed by atoms with van der Waals surface area (Å²) in [6, 6.07) is -8.33. The Kier molecular flexibility index (Phi) is 31.0. The van der Waals surface area contributed by atoms with Crippen molar-refractivity contribution in [3.05, 3.63) is 0 Å². The van der Waals surface area contributed by atoms with Crippen molar-refractivity contribution in [2.75, 3.05) is 63.9 Å². The zero-order chi connectivity index (χ0) is 51.8. The molecule has 9 amide bonds. The van der Waals surface area contributed by atoms with E-state index in [1.165, 1.54) is 0 Å². The van der Waals surface area contributed by atoms with Gasteiger partial charge in [-0.3, -0.25) is 58.1 Å². The Balaban J connectivity index is 6.16. The van der Waals surface area contributed by atoms with E-state index in [-0.39, 0.29) is 87.5 Å². The van der Waals surface area contributed by atoms with Crippen molar-refractivity contribution in [2.24, 2.45) is 55.1 Å². The first-order valence-electron chi connectivity index (χ1n) is 20.6. The summed E-state index contributed by atoms with van der Waals surface area (Å²) in [5.74, 6) is -10.3. The largest absolute Gasteiger partial charge is 0.480 e. The lowest BCUT2D eigenvalue weighted by atomic mass is 10.1. The van der Waals surface area contributed by atoms with Gasteiger partial charge >= 0.3 is 5.97 Å². The van der Waals surface area contributed by atoms with Gasteiger partial charge in [0.2, 0.25) is 53.2 Å². The molecule has 0 aliphatic heterocycles. The molecular weight excluding hydrogens is 943 g/mol. The molecule has 0 fully saturated rings. The Morgan fingerprint density at radius 3 is 1.15 bits per heavy atom. The molecule has 0 aromatic heterocycles. The minimum absolute atomic E-state index is 0.000810. The summed E-state index contributed by atoms with van der Waals surface area (Å²) in [5, 5.41) is 40.0. The van der Waals surface area contributed by atoms with Crippen molar-refractivity contribution in [1.29, 1.82) is 0 Å². The normalized spacial score (nSPS) is 13.1. The zero-order valence-corrected chi connectivity index (χ0v) is 38.8. The molecule has 68 heavy (non-hydrogen) atoms. The smallest absolute Gasteiger partial charge is 0.327 e. The molecule has 0 saturated carbocycles. The second kappa shape index (κ2) is 34.4. The molecule has 0 saturated heterocycles. The molecule has 0 unspecified atom stereocenters. The van der Waals surface area contributed by atoms with Gasteiger partial charge in [-0.1, -0.05) is 0 Å². The number of carbonyl (C=O) groups is 10. The van der Waals surface area contributed by atoms with Gasteiger partial charge in [0.25, 0.3) is 0 Å². The molecule has 33 heteroatoms. The standard InChI is InChI=1S/C35H65N19O12S2/c36-17(15-67)27(60)48-10-23(56)46-12-25(58)50-19(5-2-8-44-34(39)40)29(62)53-20(6-3-9-45-35(41)42)30(63)54-21(14-55)31(64)52-18(4-1-7-43-33(37)38)28(61)49-11-24(57)47-13-26(59)51-22(16-68)32(65)66/h17-22,55,67-68H,1-16,36H2,(H,46,56)(H,47,57)(H,48,60)(H,49,61)(H,50,58)(H,51,59)(H,52,64)(H,53,62)(H,54,63)(H,65,66)(H4,37,38,43)(H4,39,40,44)(H4,41,42,45)/t17-,18-,19-,20-,21-,22-/m0/s1. The first-order valence-corrected chi connectivity index (χ1v) is 21.9. The highest BCUT2D eigenvalue weighted by Crippen LogP contribution is 2.06. The average molecular weight is 1010 g/mol. The summed E-state index contributed by atoms with van der Waals surface area (Å²) in [6.45, 7) is -3.55. The number of nitrogens with zero attached hydrogens (tertiary/aromatic N) is 3. The van der Waals surface area contributed by atoms with Gasteiger partial charge < -0.3 is 98.2 Å². The predicted molar refractivity (Wildman–Crippen MR) is 252 cm³/mol. The number of aliphatic carboxylic acids is 1. The number of carboxylic acid groups (broad SMARTS) is 1. The number of aliphatic hydroxyl groups excluding tert-OH is 1. The van der Waals surface area contributed by atoms with E-state index in [1.54, 1.807) is 0 Å². The summed E-state index contributed by atoms with van der Waals surface area (Å²) in [5.41, 5.74) is 37.9. The molecule has 0 rings (SSSR count). The minimum Gasteiger partial charge on any atom is -0.480 e. The molecule has 0 aromatic rings. The quantitative estimate of drug-likeness (QED) is 0.0123. The maximum atomic E-state index is 13.8. The van der Waals surface area contributed by atoms with Gasteiger partial charge in [0.05, 0.1) is 38.8 Å². The van der Waals surface area contributed by atoms with Crippen molar-refractivity contribution in [2.45, 2.75) is 74.8 Å². The average Bonchev–Trinajstić information content (AvgIpc) is 3.28. The SMILES string of the molecule is NC(N)=NCCC[C@H](NC(=O)CNC(=O)CNC(=O)[C@@H](N)CS)C(=O)N[C@@H](CCCN=C(N)N)C(=O)N[C@@H](CO)C(=O)N[C@@H](CCCN=C(N)N)C(=O)NCC(=O)NCC(=O)N[C@@H](CS)C(=O)O. The van der Waals surface area contributed by atoms with Crippen LogP contribution in [0.2, 0.25) is 0 Å². The van der Waals surface area contributed by atoms with E-state index in [0.717, 1.165) is 0 Å². The number of aliphatic hydroxyl groups is 1. The number of aliphatic imine (C=N–C) groups is 3. The van der Waals surface area contributed by atoms with Crippen LogP contribution in [0.1, 0.15) is 38.5 Å². The van der Waals surface area contributed by atoms with Crippen LogP contribution < -0.4 is 88.0 Å². The third-order valence-electron chi connectivity index (χ3n) is 8.66. The molecule has 0 aliphatic rings. The summed E-state index contributed by atoms with van der Waals surface area (Å²) >= 11 is 7.73. The van der Waals surface area contributed by atoms with Crippen LogP contribution >= 0.6 is 25.3 Å². The van der Waals surface area contributed by atoms with E-state index in [0.29, 0.717) is 0 Å². The lowest BCUT2D eigenvalue weighted by Gasteiger charge is -2.26. The number of carbonyl (C=O) groups excluding carboxylic acids is 9. The summed E-state index contributed by atoms with van der Waals surface area (Å²) < 4.78 is 0. The first-order chi connectivity index (χ1) is 32.0. The fourth-order valence-corrected chi connectivity index (χ4v) is 5.57. The Labute approximate surface area is 401 Å². The minimum atomic E-state index is -1.75. The van der Waals surface area contributed by atoms with Crippen LogP contribution in [0, 0.1) is 0 Å². The molecule has 31 nitrogen and oxygen atoms in total. The van der Waals surface area contributed by atoms with Gasteiger partial charge in [-0.05, 0) is 38.5 Å². The van der Waals surface area contributed by atoms with E-state index >= 15 is 0 Å². The monoisotopic (exact) mass is 1010 g/mol. The van der Waals surface area contributed by atoms with Gasteiger partial charge in [-0.15, -0.1) is 0 Å². The van der Waals surface area contributed by atoms with Gasteiger partial charge in [0.15, 0.2) is 17.9 Å². The summed E-state index contributed by atoms with van der Waals surface area (Å²) in [4.78, 5) is 138. The topological polar surface area (TPSA) is 539 Å². The Bertz CT molecular complexity index is 1810. The third-order valence-corrected chi connectivity index (χ3v) is 9.42. The number of nitrogens with two attached hydrogens (primary N) is 7. The number of guanidine groups is 3. The highest BCUT2D eigenvalue weighted by atomic mass is 32.1. The van der Waals surface area contributed by atoms with E-state index in [4.69, 9.17) is 45.2 Å². The number of hydrogen-bond acceptors (Lipinski definition) is 17. The molecular formula is C35H65N19O12S2. The van der Waals surface area contributed by atoms with Crippen LogP contribution in [-0.4, -0.2) is 187 Å². The van der Waals surface area contributed by atoms with E-state index < -0.39 is 128 Å². The molecule has 384 valence electrons. The number of rotatable bonds is 34. The number of thiol groups is 2. The van der Waals surface area contributed by atoms with Crippen molar-refractivity contribution >= 4 is 102 Å². The second-order valence-electron chi connectivity index (χ2n) is 14.3. The van der Waals surface area contributed by atoms with Crippen LogP contribution in [0.3, 0.4) is 0 Å². The van der Waals surface area contributed by atoms with Gasteiger partial charge in [0, 0.05) is 31.1 Å². The second-order valence-corrected chi connectivity index (χ2v) is 15.0. The lowest BCUT2D eigenvalue weighted by molar-refractivity contribution is -0.141. The maximum absolute atomic E-state index is 13.8. The molecule has 0 bridgehead atoms. The Morgan fingerprint density at radius 1 is 0.441 bits per heavy atom. The van der Waals surface area contributed by atoms with Crippen LogP contribution in [0.25, 0.3) is 0 Å². The van der Waals surface area contributed by atoms with Crippen molar-refractivity contribution in [3.8, 4) is 0 Å². The van der Waals surface area contributed by atoms with Crippen LogP contribution in [0.5, 0.6) is 0 Å². The van der Waals surface area contributed by atoms with E-state index in [9.17, 15) is 53.1 Å². The van der Waals surface area contributed by atoms with Crippen LogP contribution in [-0.2, 0) is 47.9 Å². The van der Waals surface area contributed by atoms with Crippen molar-refractivity contribution < 1.29 is 58.2 Å². The fourth-order valence-electron chi connectivity index (χ4n) is 5.16. The Hall–Kier alpha value is -6.87. The molecule has 6 atom stereocenters. The molecule has 0 radical (unpaired) electrons. The van der Waals surface area contributed by atoms with E-state index in [2.05, 4.69) is 88.1 Å². The number of hydrogen-bond donors (Lipinski definition) is 20. The fraction of sp³-hybridized carbons (Fsp3) is 0.629. The number of amides is 9. The third kappa shape index (κ3) is 28.2. The Morgan fingerprint density at radius 2 is 0.779 bits per heavy atom. The van der Waals surface area contributed by atoms with Crippen LogP contribution in [0.4, 0.5) is 0 Å². The molecule has 0 heterocycles. The highest BCUT2D eigenvalue weighted by Gasteiger charge is 2.31. The molecule has 0 aromatic carbocycles. The number of carboxylic acids is 1. The molecule has 25 N–H and O–H groups in total. The van der Waals surface area contributed by atoms with Gasteiger partial charge in [-0.25, -0.2) is 4.79 Å². The van der Waals surface area contributed by atoms with Crippen molar-refractivity contribution in [1.82, 2.24) is 47.9 Å².